The monoisotopic (exact) mass is 185 g/mol. The Kier molecular flexibility index (Phi) is 4.20. The van der Waals surface area contributed by atoms with Crippen LogP contribution in [0, 0.1) is 11.8 Å². The molecule has 1 N–H and O–H groups in total. The Balaban J connectivity index is 2.10. The van der Waals surface area contributed by atoms with Gasteiger partial charge in [-0.1, -0.05) is 26.7 Å². The standard InChI is InChI=1S/C11H23NO/c1-4-5-9(2)11-7-12(8-11)6-10(3)13/h9-11,13H,4-8H2,1-3H3/t9?,10-/m0/s1. The molecule has 78 valence electrons. The quantitative estimate of drug-likeness (QED) is 0.705. The van der Waals surface area contributed by atoms with Gasteiger partial charge in [0.25, 0.3) is 0 Å². The van der Waals surface area contributed by atoms with Gasteiger partial charge in [0, 0.05) is 19.6 Å². The van der Waals surface area contributed by atoms with Crippen molar-refractivity contribution < 1.29 is 5.11 Å². The minimum absolute atomic E-state index is 0.164. The molecule has 1 aliphatic heterocycles. The zero-order valence-corrected chi connectivity index (χ0v) is 9.16. The van der Waals surface area contributed by atoms with Crippen LogP contribution in [-0.2, 0) is 0 Å². The fraction of sp³-hybridized carbons (Fsp3) is 1.00. The van der Waals surface area contributed by atoms with Gasteiger partial charge in [0.05, 0.1) is 6.10 Å². The van der Waals surface area contributed by atoms with Crippen molar-refractivity contribution in [1.29, 1.82) is 0 Å². The molecule has 0 aromatic rings. The summed E-state index contributed by atoms with van der Waals surface area (Å²) in [5.41, 5.74) is 0. The number of hydrogen-bond acceptors (Lipinski definition) is 2. The minimum Gasteiger partial charge on any atom is -0.392 e. The van der Waals surface area contributed by atoms with Crippen LogP contribution in [0.2, 0.25) is 0 Å². The van der Waals surface area contributed by atoms with E-state index < -0.39 is 0 Å². The first-order valence-corrected chi connectivity index (χ1v) is 5.54. The molecule has 0 saturated carbocycles. The lowest BCUT2D eigenvalue weighted by Gasteiger charge is -2.43. The van der Waals surface area contributed by atoms with E-state index in [2.05, 4.69) is 18.7 Å². The molecule has 2 heteroatoms. The second-order valence-corrected chi connectivity index (χ2v) is 4.59. The third-order valence-corrected chi connectivity index (χ3v) is 3.06. The van der Waals surface area contributed by atoms with E-state index in [0.717, 1.165) is 18.4 Å². The number of aliphatic hydroxyl groups excluding tert-OH is 1. The fourth-order valence-corrected chi connectivity index (χ4v) is 2.18. The SMILES string of the molecule is CCCC(C)C1CN(C[C@H](C)O)C1. The van der Waals surface area contributed by atoms with Crippen molar-refractivity contribution in [2.45, 2.75) is 39.7 Å². The van der Waals surface area contributed by atoms with E-state index in [1.807, 2.05) is 6.92 Å². The Morgan fingerprint density at radius 1 is 1.38 bits per heavy atom. The summed E-state index contributed by atoms with van der Waals surface area (Å²) in [5, 5.41) is 9.17. The molecule has 1 rings (SSSR count). The van der Waals surface area contributed by atoms with Crippen LogP contribution in [0.25, 0.3) is 0 Å². The Hall–Kier alpha value is -0.0800. The van der Waals surface area contributed by atoms with E-state index in [0.29, 0.717) is 0 Å². The van der Waals surface area contributed by atoms with Gasteiger partial charge in [-0.05, 0) is 18.8 Å². The molecule has 0 amide bonds. The smallest absolute Gasteiger partial charge is 0.0639 e. The third-order valence-electron chi connectivity index (χ3n) is 3.06. The zero-order chi connectivity index (χ0) is 9.84. The van der Waals surface area contributed by atoms with Crippen molar-refractivity contribution in [3.05, 3.63) is 0 Å². The third kappa shape index (κ3) is 3.28. The topological polar surface area (TPSA) is 23.5 Å². The Labute approximate surface area is 81.9 Å². The molecule has 1 fully saturated rings. The summed E-state index contributed by atoms with van der Waals surface area (Å²) < 4.78 is 0. The molecule has 1 heterocycles. The highest BCUT2D eigenvalue weighted by atomic mass is 16.3. The summed E-state index contributed by atoms with van der Waals surface area (Å²) in [7, 11) is 0. The van der Waals surface area contributed by atoms with E-state index in [9.17, 15) is 5.11 Å². The summed E-state index contributed by atoms with van der Waals surface area (Å²) in [4.78, 5) is 2.35. The number of aliphatic hydroxyl groups is 1. The predicted octanol–water partition coefficient (Wildman–Crippen LogP) is 1.74. The molecule has 2 atom stereocenters. The molecule has 13 heavy (non-hydrogen) atoms. The minimum atomic E-state index is -0.164. The van der Waals surface area contributed by atoms with Crippen molar-refractivity contribution in [3.63, 3.8) is 0 Å². The van der Waals surface area contributed by atoms with Crippen LogP contribution in [0.3, 0.4) is 0 Å². The molecule has 0 spiro atoms. The molecule has 0 bridgehead atoms. The molecule has 0 aromatic carbocycles. The zero-order valence-electron chi connectivity index (χ0n) is 9.16. The largest absolute Gasteiger partial charge is 0.392 e. The van der Waals surface area contributed by atoms with Gasteiger partial charge in [-0.3, -0.25) is 0 Å². The van der Waals surface area contributed by atoms with Crippen LogP contribution in [0.4, 0.5) is 0 Å². The molecule has 0 radical (unpaired) electrons. The highest BCUT2D eigenvalue weighted by Gasteiger charge is 2.30. The summed E-state index contributed by atoms with van der Waals surface area (Å²) in [6, 6.07) is 0. The predicted molar refractivity (Wildman–Crippen MR) is 55.7 cm³/mol. The lowest BCUT2D eigenvalue weighted by molar-refractivity contribution is 0.0224. The first-order chi connectivity index (χ1) is 6.13. The number of hydrogen-bond donors (Lipinski definition) is 1. The van der Waals surface area contributed by atoms with Gasteiger partial charge in [0.2, 0.25) is 0 Å². The molecule has 1 unspecified atom stereocenters. The van der Waals surface area contributed by atoms with Crippen LogP contribution in [0.5, 0.6) is 0 Å². The van der Waals surface area contributed by atoms with Crippen molar-refractivity contribution in [2.75, 3.05) is 19.6 Å². The second kappa shape index (κ2) is 4.97. The molecule has 0 aromatic heterocycles. The van der Waals surface area contributed by atoms with Crippen LogP contribution < -0.4 is 0 Å². The number of nitrogens with zero attached hydrogens (tertiary/aromatic N) is 1. The second-order valence-electron chi connectivity index (χ2n) is 4.59. The number of β-amino-alcohol motifs (C(OH)–C–C–N with tert-alkyl or cyclic N) is 1. The van der Waals surface area contributed by atoms with Crippen LogP contribution >= 0.6 is 0 Å². The van der Waals surface area contributed by atoms with Gasteiger partial charge in [0.1, 0.15) is 0 Å². The number of rotatable bonds is 5. The average molecular weight is 185 g/mol. The Bertz CT molecular complexity index is 141. The number of likely N-dealkylation sites (tertiary alicyclic amines) is 1. The first kappa shape index (κ1) is 11.0. The van der Waals surface area contributed by atoms with E-state index in [-0.39, 0.29) is 6.10 Å². The van der Waals surface area contributed by atoms with Crippen molar-refractivity contribution in [1.82, 2.24) is 4.90 Å². The van der Waals surface area contributed by atoms with Crippen molar-refractivity contribution in [2.24, 2.45) is 11.8 Å². The van der Waals surface area contributed by atoms with Gasteiger partial charge < -0.3 is 10.0 Å². The molecule has 1 aliphatic rings. The lowest BCUT2D eigenvalue weighted by Crippen LogP contribution is -2.51. The molecular formula is C11H23NO. The average Bonchev–Trinajstić information content (AvgIpc) is 1.95. The lowest BCUT2D eigenvalue weighted by atomic mass is 9.84. The molecule has 2 nitrogen and oxygen atoms in total. The molecule has 0 aliphatic carbocycles. The summed E-state index contributed by atoms with van der Waals surface area (Å²) in [6.45, 7) is 9.73. The van der Waals surface area contributed by atoms with Crippen LogP contribution in [-0.4, -0.2) is 35.7 Å². The fourth-order valence-electron chi connectivity index (χ4n) is 2.18. The van der Waals surface area contributed by atoms with Gasteiger partial charge in [0.15, 0.2) is 0 Å². The highest BCUT2D eigenvalue weighted by Crippen LogP contribution is 2.26. The summed E-state index contributed by atoms with van der Waals surface area (Å²) in [6.07, 6.45) is 2.49. The van der Waals surface area contributed by atoms with E-state index in [1.54, 1.807) is 0 Å². The maximum Gasteiger partial charge on any atom is 0.0639 e. The summed E-state index contributed by atoms with van der Waals surface area (Å²) >= 11 is 0. The van der Waals surface area contributed by atoms with Gasteiger partial charge in [-0.15, -0.1) is 0 Å². The Morgan fingerprint density at radius 3 is 2.46 bits per heavy atom. The van der Waals surface area contributed by atoms with E-state index in [4.69, 9.17) is 0 Å². The van der Waals surface area contributed by atoms with E-state index >= 15 is 0 Å². The van der Waals surface area contributed by atoms with Gasteiger partial charge >= 0.3 is 0 Å². The van der Waals surface area contributed by atoms with Crippen molar-refractivity contribution in [3.8, 4) is 0 Å². The first-order valence-electron chi connectivity index (χ1n) is 5.54. The molecule has 1 saturated heterocycles. The molecular weight excluding hydrogens is 162 g/mol. The van der Waals surface area contributed by atoms with Crippen molar-refractivity contribution >= 4 is 0 Å². The van der Waals surface area contributed by atoms with Gasteiger partial charge in [-0.25, -0.2) is 0 Å². The highest BCUT2D eigenvalue weighted by molar-refractivity contribution is 4.83. The maximum atomic E-state index is 9.17. The van der Waals surface area contributed by atoms with Crippen LogP contribution in [0.15, 0.2) is 0 Å². The van der Waals surface area contributed by atoms with Gasteiger partial charge in [-0.2, -0.15) is 0 Å². The van der Waals surface area contributed by atoms with Crippen LogP contribution in [0.1, 0.15) is 33.6 Å². The normalized spacial score (nSPS) is 24.0. The Morgan fingerprint density at radius 2 is 2.00 bits per heavy atom. The van der Waals surface area contributed by atoms with E-state index in [1.165, 1.54) is 25.9 Å². The summed E-state index contributed by atoms with van der Waals surface area (Å²) in [5.74, 6) is 1.76. The maximum absolute atomic E-state index is 9.17.